The minimum absolute atomic E-state index is 0.0503. The van der Waals surface area contributed by atoms with Crippen molar-refractivity contribution in [3.63, 3.8) is 0 Å². The number of rotatable bonds is 5. The Morgan fingerprint density at radius 3 is 2.43 bits per heavy atom. The molecule has 0 aromatic heterocycles. The van der Waals surface area contributed by atoms with Gasteiger partial charge in [0.25, 0.3) is 5.91 Å². The first-order valence-corrected chi connectivity index (χ1v) is 7.88. The number of hydrogen-bond acceptors (Lipinski definition) is 3. The highest BCUT2D eigenvalue weighted by Crippen LogP contribution is 2.14. The van der Waals surface area contributed by atoms with E-state index in [1.165, 1.54) is 5.56 Å². The van der Waals surface area contributed by atoms with E-state index >= 15 is 0 Å². The van der Waals surface area contributed by atoms with Crippen molar-refractivity contribution in [2.75, 3.05) is 20.1 Å². The summed E-state index contributed by atoms with van der Waals surface area (Å²) in [6.45, 7) is 1.80. The summed E-state index contributed by atoms with van der Waals surface area (Å²) in [7, 11) is 1.96. The molecule has 0 aliphatic carbocycles. The minimum atomic E-state index is 0.0503. The highest BCUT2D eigenvalue weighted by molar-refractivity contribution is 6.02. The van der Waals surface area contributed by atoms with Gasteiger partial charge in [-0.05, 0) is 18.2 Å². The van der Waals surface area contributed by atoms with E-state index in [9.17, 15) is 4.79 Å². The van der Waals surface area contributed by atoms with E-state index in [4.69, 9.17) is 0 Å². The molecule has 1 aliphatic rings. The van der Waals surface area contributed by atoms with Crippen LogP contribution < -0.4 is 0 Å². The molecule has 1 amide bonds. The second-order valence-corrected chi connectivity index (χ2v) is 5.84. The molecule has 0 saturated carbocycles. The first-order chi connectivity index (χ1) is 11.2. The van der Waals surface area contributed by atoms with Crippen molar-refractivity contribution in [2.24, 2.45) is 5.10 Å². The quantitative estimate of drug-likeness (QED) is 0.851. The number of hydrogen-bond donors (Lipinski definition) is 0. The molecule has 3 rings (SSSR count). The lowest BCUT2D eigenvalue weighted by Crippen LogP contribution is -2.34. The topological polar surface area (TPSA) is 35.9 Å². The Morgan fingerprint density at radius 2 is 1.74 bits per heavy atom. The molecule has 0 unspecified atom stereocenters. The second-order valence-electron chi connectivity index (χ2n) is 5.84. The fourth-order valence-corrected chi connectivity index (χ4v) is 2.73. The second kappa shape index (κ2) is 7.20. The molecule has 2 aromatic rings. The van der Waals surface area contributed by atoms with E-state index in [1.54, 1.807) is 5.01 Å². The van der Waals surface area contributed by atoms with E-state index in [2.05, 4.69) is 17.2 Å². The molecule has 1 aliphatic heterocycles. The summed E-state index contributed by atoms with van der Waals surface area (Å²) in [4.78, 5) is 14.4. The van der Waals surface area contributed by atoms with Crippen molar-refractivity contribution in [2.45, 2.75) is 13.0 Å². The zero-order valence-electron chi connectivity index (χ0n) is 13.4. The van der Waals surface area contributed by atoms with Crippen molar-refractivity contribution in [1.29, 1.82) is 0 Å². The molecule has 0 bridgehead atoms. The van der Waals surface area contributed by atoms with Gasteiger partial charge in [-0.1, -0.05) is 60.7 Å². The molecule has 0 saturated heterocycles. The van der Waals surface area contributed by atoms with Gasteiger partial charge in [0.05, 0.1) is 18.8 Å². The van der Waals surface area contributed by atoms with Gasteiger partial charge >= 0.3 is 0 Å². The molecule has 118 valence electrons. The number of benzene rings is 2. The largest absolute Gasteiger partial charge is 0.293 e. The summed E-state index contributed by atoms with van der Waals surface area (Å²) in [6.07, 6.45) is 0.818. The fourth-order valence-electron chi connectivity index (χ4n) is 2.73. The molecule has 4 nitrogen and oxygen atoms in total. The Labute approximate surface area is 137 Å². The van der Waals surface area contributed by atoms with E-state index in [1.807, 2.05) is 60.5 Å². The van der Waals surface area contributed by atoms with Crippen LogP contribution in [0.2, 0.25) is 0 Å². The zero-order chi connectivity index (χ0) is 16.1. The zero-order valence-corrected chi connectivity index (χ0v) is 13.4. The summed E-state index contributed by atoms with van der Waals surface area (Å²) in [5, 5.41) is 6.09. The third-order valence-corrected chi connectivity index (χ3v) is 3.90. The minimum Gasteiger partial charge on any atom is -0.293 e. The summed E-state index contributed by atoms with van der Waals surface area (Å²) in [6, 6.07) is 20.2. The predicted molar refractivity (Wildman–Crippen MR) is 92.1 cm³/mol. The molecule has 0 radical (unpaired) electrons. The van der Waals surface area contributed by atoms with E-state index in [0.29, 0.717) is 13.1 Å². The maximum absolute atomic E-state index is 12.4. The third-order valence-electron chi connectivity index (χ3n) is 3.90. The summed E-state index contributed by atoms with van der Waals surface area (Å²) >= 11 is 0. The summed E-state index contributed by atoms with van der Waals surface area (Å²) in [5.74, 6) is 0.0503. The van der Waals surface area contributed by atoms with Gasteiger partial charge in [-0.15, -0.1) is 0 Å². The van der Waals surface area contributed by atoms with Crippen LogP contribution in [0.4, 0.5) is 0 Å². The van der Waals surface area contributed by atoms with Crippen LogP contribution in [0, 0.1) is 0 Å². The Hall–Kier alpha value is -2.46. The van der Waals surface area contributed by atoms with Gasteiger partial charge in [0, 0.05) is 13.0 Å². The third kappa shape index (κ3) is 4.05. The predicted octanol–water partition coefficient (Wildman–Crippen LogP) is 2.76. The van der Waals surface area contributed by atoms with Gasteiger partial charge in [-0.2, -0.15) is 5.10 Å². The molecule has 0 spiro atoms. The number of likely N-dealkylation sites (N-methyl/N-ethyl adjacent to an activating group) is 1. The number of carbonyl (C=O) groups is 1. The molecular weight excluding hydrogens is 286 g/mol. The van der Waals surface area contributed by atoms with Gasteiger partial charge < -0.3 is 0 Å². The molecule has 1 heterocycles. The van der Waals surface area contributed by atoms with Crippen LogP contribution in [0.15, 0.2) is 65.8 Å². The molecular formula is C19H21N3O. The number of nitrogens with zero attached hydrogens (tertiary/aromatic N) is 3. The summed E-state index contributed by atoms with van der Waals surface area (Å²) < 4.78 is 0. The number of amides is 1. The van der Waals surface area contributed by atoms with Crippen LogP contribution in [0.5, 0.6) is 0 Å². The van der Waals surface area contributed by atoms with Crippen LogP contribution in [0.3, 0.4) is 0 Å². The molecule has 0 fully saturated rings. The fraction of sp³-hybridized carbons (Fsp3) is 0.263. The lowest BCUT2D eigenvalue weighted by atomic mass is 10.1. The van der Waals surface area contributed by atoms with E-state index in [-0.39, 0.29) is 5.91 Å². The van der Waals surface area contributed by atoms with Gasteiger partial charge in [0.2, 0.25) is 0 Å². The normalized spacial score (nSPS) is 14.2. The van der Waals surface area contributed by atoms with E-state index < -0.39 is 0 Å². The van der Waals surface area contributed by atoms with Crippen molar-refractivity contribution in [3.8, 4) is 0 Å². The Balaban J connectivity index is 1.58. The first-order valence-electron chi connectivity index (χ1n) is 7.88. The van der Waals surface area contributed by atoms with Crippen LogP contribution in [-0.2, 0) is 11.3 Å². The lowest BCUT2D eigenvalue weighted by Gasteiger charge is -2.19. The summed E-state index contributed by atoms with van der Waals surface area (Å²) in [5.41, 5.74) is 3.29. The van der Waals surface area contributed by atoms with Gasteiger partial charge in [-0.25, -0.2) is 5.01 Å². The highest BCUT2D eigenvalue weighted by Gasteiger charge is 2.22. The molecule has 0 atom stereocenters. The van der Waals surface area contributed by atoms with Crippen LogP contribution >= 0.6 is 0 Å². The van der Waals surface area contributed by atoms with Gasteiger partial charge in [0.1, 0.15) is 0 Å². The average molecular weight is 307 g/mol. The van der Waals surface area contributed by atoms with E-state index in [0.717, 1.165) is 24.2 Å². The van der Waals surface area contributed by atoms with Crippen molar-refractivity contribution in [3.05, 3.63) is 71.8 Å². The van der Waals surface area contributed by atoms with Crippen LogP contribution in [-0.4, -0.2) is 41.7 Å². The molecule has 23 heavy (non-hydrogen) atoms. The SMILES string of the molecule is CN(CC(=O)N1CCC(c2ccccc2)=N1)Cc1ccccc1. The van der Waals surface area contributed by atoms with Crippen molar-refractivity contribution in [1.82, 2.24) is 9.91 Å². The lowest BCUT2D eigenvalue weighted by molar-refractivity contribution is -0.131. The van der Waals surface area contributed by atoms with Crippen molar-refractivity contribution < 1.29 is 4.79 Å². The van der Waals surface area contributed by atoms with Gasteiger partial charge in [0.15, 0.2) is 0 Å². The van der Waals surface area contributed by atoms with Crippen molar-refractivity contribution >= 4 is 11.6 Å². The highest BCUT2D eigenvalue weighted by atomic mass is 16.2. The van der Waals surface area contributed by atoms with Crippen LogP contribution in [0.25, 0.3) is 0 Å². The standard InChI is InChI=1S/C19H21N3O/c1-21(14-16-8-4-2-5-9-16)15-19(23)22-13-12-18(20-22)17-10-6-3-7-11-17/h2-11H,12-15H2,1H3. The Kier molecular flexibility index (Phi) is 4.83. The molecule has 0 N–H and O–H groups in total. The number of carbonyl (C=O) groups excluding carboxylic acids is 1. The maximum Gasteiger partial charge on any atom is 0.256 e. The Morgan fingerprint density at radius 1 is 1.09 bits per heavy atom. The number of hydrazone groups is 1. The average Bonchev–Trinajstić information content (AvgIpc) is 3.06. The van der Waals surface area contributed by atoms with Crippen LogP contribution in [0.1, 0.15) is 17.5 Å². The first kappa shape index (κ1) is 15.4. The monoisotopic (exact) mass is 307 g/mol. The molecule has 4 heteroatoms. The maximum atomic E-state index is 12.4. The molecule has 2 aromatic carbocycles. The van der Waals surface area contributed by atoms with Gasteiger partial charge in [-0.3, -0.25) is 9.69 Å². The Bertz CT molecular complexity index is 682. The smallest absolute Gasteiger partial charge is 0.256 e.